The molecule has 2 heterocycles. The van der Waals surface area contributed by atoms with Crippen LogP contribution in [0.25, 0.3) is 0 Å². The first-order chi connectivity index (χ1) is 16.3. The van der Waals surface area contributed by atoms with Crippen molar-refractivity contribution in [3.8, 4) is 0 Å². The zero-order valence-electron chi connectivity index (χ0n) is 18.7. The van der Waals surface area contributed by atoms with E-state index in [0.29, 0.717) is 5.69 Å². The van der Waals surface area contributed by atoms with Crippen LogP contribution in [0.3, 0.4) is 0 Å². The van der Waals surface area contributed by atoms with Gasteiger partial charge in [0.05, 0.1) is 21.9 Å². The summed E-state index contributed by atoms with van der Waals surface area (Å²) in [5, 5.41) is 8.93. The monoisotopic (exact) mass is 503 g/mol. The maximum absolute atomic E-state index is 14.4. The van der Waals surface area contributed by atoms with E-state index < -0.39 is 5.82 Å². The molecular formula is C23H24Cl2FN7O. The Hall–Kier alpha value is -3.14. The molecule has 1 amide bonds. The van der Waals surface area contributed by atoms with Gasteiger partial charge in [0.1, 0.15) is 0 Å². The number of carbonyl (C=O) groups excluding carboxylic acids is 1. The van der Waals surface area contributed by atoms with E-state index in [9.17, 15) is 9.18 Å². The van der Waals surface area contributed by atoms with Gasteiger partial charge in [-0.2, -0.15) is 4.98 Å². The van der Waals surface area contributed by atoms with Crippen LogP contribution in [0.4, 0.5) is 38.9 Å². The molecule has 4 rings (SSSR count). The number of halogens is 3. The number of amides is 1. The fourth-order valence-electron chi connectivity index (χ4n) is 3.54. The molecule has 0 saturated carbocycles. The zero-order chi connectivity index (χ0) is 24.2. The summed E-state index contributed by atoms with van der Waals surface area (Å²) in [6, 6.07) is 11.0. The highest BCUT2D eigenvalue weighted by molar-refractivity contribution is 6.40. The highest BCUT2D eigenvalue weighted by atomic mass is 35.5. The third-order valence-corrected chi connectivity index (χ3v) is 5.94. The highest BCUT2D eigenvalue weighted by Crippen LogP contribution is 2.35. The number of benzene rings is 2. The second-order valence-electron chi connectivity index (χ2n) is 7.97. The summed E-state index contributed by atoms with van der Waals surface area (Å²) in [5.41, 5.74) is 2.62. The molecule has 11 heteroatoms. The molecule has 8 nitrogen and oxygen atoms in total. The minimum Gasteiger partial charge on any atom is -0.369 e. The van der Waals surface area contributed by atoms with Gasteiger partial charge in [-0.1, -0.05) is 23.2 Å². The van der Waals surface area contributed by atoms with Crippen LogP contribution in [0.1, 0.15) is 6.92 Å². The van der Waals surface area contributed by atoms with E-state index in [4.69, 9.17) is 23.2 Å². The summed E-state index contributed by atoms with van der Waals surface area (Å²) < 4.78 is 14.4. The molecule has 0 unspecified atom stereocenters. The number of hydrogen-bond acceptors (Lipinski definition) is 7. The number of piperazine rings is 1. The van der Waals surface area contributed by atoms with Crippen molar-refractivity contribution in [2.45, 2.75) is 6.92 Å². The van der Waals surface area contributed by atoms with Gasteiger partial charge in [0.25, 0.3) is 0 Å². The third kappa shape index (κ3) is 5.85. The molecule has 34 heavy (non-hydrogen) atoms. The summed E-state index contributed by atoms with van der Waals surface area (Å²) in [6.45, 7) is 5.39. The van der Waals surface area contributed by atoms with Gasteiger partial charge in [-0.15, -0.1) is 0 Å². The lowest BCUT2D eigenvalue weighted by Crippen LogP contribution is -2.44. The molecule has 3 N–H and O–H groups in total. The van der Waals surface area contributed by atoms with E-state index in [1.807, 2.05) is 24.3 Å². The quantitative estimate of drug-likeness (QED) is 0.430. The van der Waals surface area contributed by atoms with Crippen molar-refractivity contribution in [3.63, 3.8) is 0 Å². The Morgan fingerprint density at radius 3 is 2.26 bits per heavy atom. The average molecular weight is 504 g/mol. The van der Waals surface area contributed by atoms with Gasteiger partial charge in [0.2, 0.25) is 11.9 Å². The molecule has 1 aliphatic heterocycles. The van der Waals surface area contributed by atoms with Crippen molar-refractivity contribution in [2.24, 2.45) is 0 Å². The molecule has 0 spiro atoms. The molecule has 3 aromatic rings. The maximum Gasteiger partial charge on any atom is 0.229 e. The van der Waals surface area contributed by atoms with E-state index in [1.54, 1.807) is 0 Å². The van der Waals surface area contributed by atoms with Gasteiger partial charge in [-0.05, 0) is 43.4 Å². The van der Waals surface area contributed by atoms with Crippen LogP contribution in [0.15, 0.2) is 42.6 Å². The molecular weight excluding hydrogens is 480 g/mol. The second-order valence-corrected chi connectivity index (χ2v) is 8.79. The maximum atomic E-state index is 14.4. The van der Waals surface area contributed by atoms with Crippen molar-refractivity contribution in [1.82, 2.24) is 14.9 Å². The van der Waals surface area contributed by atoms with E-state index >= 15 is 0 Å². The minimum atomic E-state index is -0.644. The van der Waals surface area contributed by atoms with E-state index in [0.717, 1.165) is 43.8 Å². The number of rotatable bonds is 6. The van der Waals surface area contributed by atoms with Crippen molar-refractivity contribution in [3.05, 3.63) is 58.5 Å². The number of likely N-dealkylation sites (N-methyl/N-ethyl adjacent to an activating group) is 1. The van der Waals surface area contributed by atoms with Crippen LogP contribution >= 0.6 is 23.2 Å². The molecule has 0 atom stereocenters. The molecule has 178 valence electrons. The van der Waals surface area contributed by atoms with Crippen LogP contribution in [0.5, 0.6) is 0 Å². The predicted octanol–water partition coefficient (Wildman–Crippen LogP) is 5.12. The predicted molar refractivity (Wildman–Crippen MR) is 135 cm³/mol. The first-order valence-corrected chi connectivity index (χ1v) is 11.4. The molecule has 1 fully saturated rings. The Morgan fingerprint density at radius 1 is 1.00 bits per heavy atom. The van der Waals surface area contributed by atoms with Crippen molar-refractivity contribution < 1.29 is 9.18 Å². The van der Waals surface area contributed by atoms with Crippen molar-refractivity contribution >= 4 is 63.6 Å². The van der Waals surface area contributed by atoms with Crippen LogP contribution in [0.2, 0.25) is 10.0 Å². The summed E-state index contributed by atoms with van der Waals surface area (Å²) in [4.78, 5) is 24.2. The second kappa shape index (κ2) is 10.4. The number of anilines is 6. The van der Waals surface area contributed by atoms with Gasteiger partial charge in [-0.3, -0.25) is 4.79 Å². The van der Waals surface area contributed by atoms with E-state index in [1.165, 1.54) is 19.1 Å². The summed E-state index contributed by atoms with van der Waals surface area (Å²) in [6.07, 6.45) is 1.07. The number of nitrogens with zero attached hydrogens (tertiary/aromatic N) is 4. The Labute approximate surface area is 207 Å². The van der Waals surface area contributed by atoms with Gasteiger partial charge in [-0.25, -0.2) is 9.37 Å². The fraction of sp³-hybridized carbons (Fsp3) is 0.261. The summed E-state index contributed by atoms with van der Waals surface area (Å²) >= 11 is 12.4. The number of carbonyl (C=O) groups is 1. The number of nitrogens with one attached hydrogen (secondary N) is 3. The topological polar surface area (TPSA) is 85.4 Å². The lowest BCUT2D eigenvalue weighted by molar-refractivity contribution is -0.114. The molecule has 0 aliphatic carbocycles. The molecule has 1 aromatic heterocycles. The number of hydrogen-bond donors (Lipinski definition) is 3. The van der Waals surface area contributed by atoms with Gasteiger partial charge >= 0.3 is 0 Å². The smallest absolute Gasteiger partial charge is 0.229 e. The first-order valence-electron chi connectivity index (χ1n) is 10.7. The molecule has 2 aromatic carbocycles. The number of aromatic nitrogens is 2. The van der Waals surface area contributed by atoms with Crippen LogP contribution in [0, 0.1) is 5.82 Å². The lowest BCUT2D eigenvalue weighted by atomic mass is 10.2. The molecule has 1 saturated heterocycles. The largest absolute Gasteiger partial charge is 0.369 e. The van der Waals surface area contributed by atoms with Crippen LogP contribution in [-0.4, -0.2) is 54.0 Å². The lowest BCUT2D eigenvalue weighted by Gasteiger charge is -2.34. The third-order valence-electron chi connectivity index (χ3n) is 5.34. The van der Waals surface area contributed by atoms with Crippen molar-refractivity contribution in [2.75, 3.05) is 54.1 Å². The SMILES string of the molecule is CC(=O)Nc1c(Cl)cc(Nc2nc(Nc3ccc(N4CCN(C)CC4)cc3)ncc2F)cc1Cl. The van der Waals surface area contributed by atoms with Gasteiger partial charge in [0.15, 0.2) is 11.6 Å². The summed E-state index contributed by atoms with van der Waals surface area (Å²) in [5.74, 6) is -0.776. The van der Waals surface area contributed by atoms with Crippen LogP contribution < -0.4 is 20.9 Å². The van der Waals surface area contributed by atoms with Gasteiger partial charge < -0.3 is 25.8 Å². The zero-order valence-corrected chi connectivity index (χ0v) is 20.2. The average Bonchev–Trinajstić information content (AvgIpc) is 2.79. The minimum absolute atomic E-state index is 0.0500. The Kier molecular flexibility index (Phi) is 7.35. The molecule has 0 bridgehead atoms. The fourth-order valence-corrected chi connectivity index (χ4v) is 4.12. The summed E-state index contributed by atoms with van der Waals surface area (Å²) in [7, 11) is 2.13. The van der Waals surface area contributed by atoms with Crippen molar-refractivity contribution in [1.29, 1.82) is 0 Å². The van der Waals surface area contributed by atoms with Gasteiger partial charge in [0, 0.05) is 50.2 Å². The molecule has 0 radical (unpaired) electrons. The standard InChI is InChI=1S/C23H24Cl2FN7O/c1-14(34)28-21-18(24)11-16(12-19(21)25)29-22-20(26)13-27-23(31-22)30-15-3-5-17(6-4-15)33-9-7-32(2)8-10-33/h3-6,11-13H,7-10H2,1-2H3,(H,28,34)(H2,27,29,30,31). The van der Waals surface area contributed by atoms with Crippen LogP contribution in [-0.2, 0) is 4.79 Å². The Bertz CT molecular complexity index is 1160. The Balaban J connectivity index is 1.47. The van der Waals surface area contributed by atoms with E-state index in [-0.39, 0.29) is 33.4 Å². The van der Waals surface area contributed by atoms with E-state index in [2.05, 4.69) is 42.8 Å². The Morgan fingerprint density at radius 2 is 1.65 bits per heavy atom. The highest BCUT2D eigenvalue weighted by Gasteiger charge is 2.15. The normalized spacial score (nSPS) is 14.1. The molecule has 1 aliphatic rings. The first kappa shape index (κ1) is 24.0.